The summed E-state index contributed by atoms with van der Waals surface area (Å²) < 4.78 is 1.75. The lowest BCUT2D eigenvalue weighted by Gasteiger charge is -2.22. The molecule has 1 rings (SSSR count). The van der Waals surface area contributed by atoms with Crippen molar-refractivity contribution in [2.45, 2.75) is 31.5 Å². The Balaban J connectivity index is 3.04. The molecule has 78 valence electrons. The van der Waals surface area contributed by atoms with Crippen LogP contribution in [0.15, 0.2) is 10.3 Å². The smallest absolute Gasteiger partial charge is 0.208 e. The number of rotatable bonds is 4. The highest BCUT2D eigenvalue weighted by molar-refractivity contribution is 7.98. The van der Waals surface area contributed by atoms with Crippen molar-refractivity contribution in [3.8, 4) is 0 Å². The van der Waals surface area contributed by atoms with Crippen molar-refractivity contribution in [1.29, 1.82) is 0 Å². The van der Waals surface area contributed by atoms with Gasteiger partial charge in [-0.25, -0.2) is 9.67 Å². The minimum absolute atomic E-state index is 0.199. The van der Waals surface area contributed by atoms with Gasteiger partial charge in [0.1, 0.15) is 12.4 Å². The van der Waals surface area contributed by atoms with E-state index < -0.39 is 5.54 Å². The summed E-state index contributed by atoms with van der Waals surface area (Å²) in [7, 11) is 0. The molecular weight excluding hydrogens is 200 g/mol. The molecule has 14 heavy (non-hydrogen) atoms. The molecule has 0 aromatic carbocycles. The number of nitroso groups, excluding NO2 is 1. The van der Waals surface area contributed by atoms with Crippen molar-refractivity contribution in [3.05, 3.63) is 10.7 Å². The lowest BCUT2D eigenvalue weighted by molar-refractivity contribution is 0.318. The molecule has 0 saturated carbocycles. The largest absolute Gasteiger partial charge is 0.242 e. The second-order valence-corrected chi connectivity index (χ2v) is 4.43. The molecule has 0 spiro atoms. The summed E-state index contributed by atoms with van der Waals surface area (Å²) in [5, 5.41) is 7.93. The topological polar surface area (TPSA) is 60.1 Å². The van der Waals surface area contributed by atoms with E-state index in [0.29, 0.717) is 0 Å². The van der Waals surface area contributed by atoms with Crippen molar-refractivity contribution in [2.75, 3.05) is 12.8 Å². The Morgan fingerprint density at radius 3 is 2.64 bits per heavy atom. The summed E-state index contributed by atoms with van der Waals surface area (Å²) in [5.41, 5.74) is -0.396. The Morgan fingerprint density at radius 1 is 1.57 bits per heavy atom. The number of thioether (sulfide) groups is 1. The lowest BCUT2D eigenvalue weighted by atomic mass is 10.1. The van der Waals surface area contributed by atoms with E-state index in [1.807, 2.05) is 27.0 Å². The molecule has 6 heteroatoms. The van der Waals surface area contributed by atoms with Crippen LogP contribution in [0.1, 0.15) is 19.7 Å². The third kappa shape index (κ3) is 2.12. The average Bonchev–Trinajstić information content (AvgIpc) is 2.47. The van der Waals surface area contributed by atoms with Gasteiger partial charge in [0.05, 0.1) is 5.54 Å². The van der Waals surface area contributed by atoms with Crippen molar-refractivity contribution in [3.63, 3.8) is 0 Å². The van der Waals surface area contributed by atoms with E-state index in [-0.39, 0.29) is 6.54 Å². The van der Waals surface area contributed by atoms with E-state index in [9.17, 15) is 4.91 Å². The maximum absolute atomic E-state index is 10.3. The zero-order valence-corrected chi connectivity index (χ0v) is 9.63. The van der Waals surface area contributed by atoms with Gasteiger partial charge in [-0.05, 0) is 27.0 Å². The van der Waals surface area contributed by atoms with E-state index in [1.165, 1.54) is 11.8 Å². The van der Waals surface area contributed by atoms with Crippen LogP contribution in [0.3, 0.4) is 0 Å². The normalized spacial score (nSPS) is 11.7. The predicted octanol–water partition coefficient (Wildman–Crippen LogP) is 1.81. The molecule has 0 N–H and O–H groups in total. The number of aryl methyl sites for hydroxylation is 1. The first-order valence-corrected chi connectivity index (χ1v) is 5.51. The van der Waals surface area contributed by atoms with Gasteiger partial charge in [-0.2, -0.15) is 4.91 Å². The van der Waals surface area contributed by atoms with E-state index in [0.717, 1.165) is 11.0 Å². The molecule has 0 aliphatic rings. The number of hydrogen-bond acceptors (Lipinski definition) is 5. The second-order valence-electron chi connectivity index (χ2n) is 3.66. The number of aromatic nitrogens is 3. The van der Waals surface area contributed by atoms with Gasteiger partial charge in [0.25, 0.3) is 0 Å². The number of nitrogens with zero attached hydrogens (tertiary/aromatic N) is 4. The van der Waals surface area contributed by atoms with Crippen LogP contribution in [-0.4, -0.2) is 27.6 Å². The fourth-order valence-electron chi connectivity index (χ4n) is 1.25. The summed E-state index contributed by atoms with van der Waals surface area (Å²) in [6, 6.07) is 0. The number of hydrogen-bond donors (Lipinski definition) is 0. The fraction of sp³-hybridized carbons (Fsp3) is 0.750. The van der Waals surface area contributed by atoms with E-state index in [2.05, 4.69) is 15.3 Å². The van der Waals surface area contributed by atoms with Crippen LogP contribution in [0, 0.1) is 11.8 Å². The van der Waals surface area contributed by atoms with E-state index in [4.69, 9.17) is 0 Å². The highest BCUT2D eigenvalue weighted by atomic mass is 32.2. The zero-order chi connectivity index (χ0) is 10.8. The monoisotopic (exact) mass is 214 g/mol. The fourth-order valence-corrected chi connectivity index (χ4v) is 1.64. The van der Waals surface area contributed by atoms with Gasteiger partial charge in [-0.3, -0.25) is 0 Å². The minimum Gasteiger partial charge on any atom is -0.242 e. The molecule has 0 amide bonds. The third-order valence-corrected chi connectivity index (χ3v) is 2.50. The molecule has 0 unspecified atom stereocenters. The van der Waals surface area contributed by atoms with Crippen molar-refractivity contribution in [2.24, 2.45) is 5.18 Å². The van der Waals surface area contributed by atoms with Crippen LogP contribution < -0.4 is 0 Å². The van der Waals surface area contributed by atoms with Gasteiger partial charge in [0, 0.05) is 0 Å². The molecule has 0 atom stereocenters. The minimum atomic E-state index is -0.396. The summed E-state index contributed by atoms with van der Waals surface area (Å²) >= 11 is 1.49. The Hall–Kier alpha value is -0.910. The zero-order valence-electron chi connectivity index (χ0n) is 8.81. The van der Waals surface area contributed by atoms with Crippen molar-refractivity contribution >= 4 is 11.8 Å². The molecular formula is C8H14N4OS. The van der Waals surface area contributed by atoms with Crippen LogP contribution in [0.2, 0.25) is 0 Å². The SMILES string of the molecule is CSc1nc(C)n(C(C)(C)CN=O)n1. The molecule has 1 aromatic rings. The van der Waals surface area contributed by atoms with Gasteiger partial charge in [-0.15, -0.1) is 5.10 Å². The van der Waals surface area contributed by atoms with Gasteiger partial charge in [0.2, 0.25) is 5.16 Å². The van der Waals surface area contributed by atoms with Crippen LogP contribution in [0.4, 0.5) is 0 Å². The quantitative estimate of drug-likeness (QED) is 0.566. The third-order valence-electron chi connectivity index (χ3n) is 1.96. The highest BCUT2D eigenvalue weighted by Crippen LogP contribution is 2.19. The maximum Gasteiger partial charge on any atom is 0.208 e. The van der Waals surface area contributed by atoms with Gasteiger partial charge < -0.3 is 0 Å². The van der Waals surface area contributed by atoms with Crippen LogP contribution >= 0.6 is 11.8 Å². The molecule has 0 radical (unpaired) electrons. The van der Waals surface area contributed by atoms with Crippen LogP contribution in [-0.2, 0) is 5.54 Å². The van der Waals surface area contributed by atoms with Crippen LogP contribution in [0.25, 0.3) is 0 Å². The summed E-state index contributed by atoms with van der Waals surface area (Å²) in [4.78, 5) is 14.5. The molecule has 0 saturated heterocycles. The van der Waals surface area contributed by atoms with Crippen molar-refractivity contribution in [1.82, 2.24) is 14.8 Å². The second kappa shape index (κ2) is 4.08. The first-order valence-electron chi connectivity index (χ1n) is 4.28. The Labute approximate surface area is 87.3 Å². The van der Waals surface area contributed by atoms with Gasteiger partial charge in [0.15, 0.2) is 0 Å². The standard InChI is InChI=1S/C8H14N4OS/c1-6-10-7(14-4)11-12(6)8(2,3)5-9-13/h5H2,1-4H3. The molecule has 1 aromatic heterocycles. The van der Waals surface area contributed by atoms with Crippen LogP contribution in [0.5, 0.6) is 0 Å². The molecule has 5 nitrogen and oxygen atoms in total. The van der Waals surface area contributed by atoms with E-state index in [1.54, 1.807) is 4.68 Å². The first-order chi connectivity index (χ1) is 6.51. The Kier molecular flexibility index (Phi) is 3.25. The van der Waals surface area contributed by atoms with Gasteiger partial charge >= 0.3 is 0 Å². The maximum atomic E-state index is 10.3. The molecule has 1 heterocycles. The van der Waals surface area contributed by atoms with E-state index >= 15 is 0 Å². The van der Waals surface area contributed by atoms with Gasteiger partial charge in [-0.1, -0.05) is 16.9 Å². The first kappa shape index (κ1) is 11.2. The molecule has 0 aliphatic heterocycles. The summed E-state index contributed by atoms with van der Waals surface area (Å²) in [6.45, 7) is 5.91. The lowest BCUT2D eigenvalue weighted by Crippen LogP contribution is -2.31. The summed E-state index contributed by atoms with van der Waals surface area (Å²) in [5.74, 6) is 0.808. The Morgan fingerprint density at radius 2 is 2.21 bits per heavy atom. The highest BCUT2D eigenvalue weighted by Gasteiger charge is 2.24. The Bertz CT molecular complexity index is 334. The summed E-state index contributed by atoms with van der Waals surface area (Å²) in [6.07, 6.45) is 1.92. The average molecular weight is 214 g/mol. The molecule has 0 fully saturated rings. The van der Waals surface area contributed by atoms with Crippen molar-refractivity contribution < 1.29 is 0 Å². The molecule has 0 bridgehead atoms. The molecule has 0 aliphatic carbocycles. The predicted molar refractivity (Wildman–Crippen MR) is 56.5 cm³/mol.